The fourth-order valence-corrected chi connectivity index (χ4v) is 1.81. The molecule has 2 aromatic heterocycles. The van der Waals surface area contributed by atoms with Gasteiger partial charge in [-0.2, -0.15) is 0 Å². The first-order chi connectivity index (χ1) is 7.33. The van der Waals surface area contributed by atoms with Crippen LogP contribution < -0.4 is 0 Å². The summed E-state index contributed by atoms with van der Waals surface area (Å²) < 4.78 is 7.07. The highest BCUT2D eigenvalue weighted by Crippen LogP contribution is 2.26. The third kappa shape index (κ3) is 1.45. The fourth-order valence-electron chi connectivity index (χ4n) is 1.81. The predicted molar refractivity (Wildman–Crippen MR) is 52.6 cm³/mol. The second kappa shape index (κ2) is 3.20. The van der Waals surface area contributed by atoms with Crippen molar-refractivity contribution in [3.8, 4) is 5.75 Å². The van der Waals surface area contributed by atoms with Crippen molar-refractivity contribution in [2.24, 2.45) is 0 Å². The average Bonchev–Trinajstić information content (AvgIpc) is 2.84. The van der Waals surface area contributed by atoms with Crippen LogP contribution in [0.2, 0.25) is 0 Å². The minimum Gasteiger partial charge on any atom is -0.506 e. The van der Waals surface area contributed by atoms with E-state index in [1.807, 2.05) is 0 Å². The lowest BCUT2D eigenvalue weighted by atomic mass is 10.2. The molecule has 1 atom stereocenters. The number of nitrogens with zero attached hydrogens (tertiary/aromatic N) is 3. The Labute approximate surface area is 86.3 Å². The van der Waals surface area contributed by atoms with Crippen LogP contribution in [-0.2, 0) is 4.74 Å². The van der Waals surface area contributed by atoms with Gasteiger partial charge in [0.05, 0.1) is 6.20 Å². The van der Waals surface area contributed by atoms with E-state index in [1.165, 1.54) is 0 Å². The Hall–Kier alpha value is -1.62. The molecular weight excluding hydrogens is 194 g/mol. The Morgan fingerprint density at radius 1 is 1.47 bits per heavy atom. The standard InChI is InChI=1S/C10H11N3O2/c14-7-3-4-9-11-10(12-13(9)6-7)8-2-1-5-15-8/h3-4,6,8,14H,1-2,5H2. The van der Waals surface area contributed by atoms with Gasteiger partial charge in [0.15, 0.2) is 11.5 Å². The molecule has 0 radical (unpaired) electrons. The third-order valence-electron chi connectivity index (χ3n) is 2.55. The lowest BCUT2D eigenvalue weighted by Gasteiger charge is -2.01. The Morgan fingerprint density at radius 2 is 2.40 bits per heavy atom. The van der Waals surface area contributed by atoms with Crippen molar-refractivity contribution in [1.29, 1.82) is 0 Å². The summed E-state index contributed by atoms with van der Waals surface area (Å²) in [4.78, 5) is 4.35. The molecule has 1 fully saturated rings. The molecule has 78 valence electrons. The highest BCUT2D eigenvalue weighted by atomic mass is 16.5. The number of aromatic nitrogens is 3. The number of ether oxygens (including phenoxy) is 1. The molecule has 3 heterocycles. The molecule has 5 heteroatoms. The van der Waals surface area contributed by atoms with Gasteiger partial charge >= 0.3 is 0 Å². The van der Waals surface area contributed by atoms with E-state index in [1.54, 1.807) is 22.8 Å². The van der Waals surface area contributed by atoms with Gasteiger partial charge < -0.3 is 9.84 Å². The number of hydrogen-bond donors (Lipinski definition) is 1. The zero-order chi connectivity index (χ0) is 10.3. The smallest absolute Gasteiger partial charge is 0.180 e. The molecule has 0 spiro atoms. The minimum atomic E-state index is 0.0204. The monoisotopic (exact) mass is 205 g/mol. The highest BCUT2D eigenvalue weighted by molar-refractivity contribution is 5.40. The molecule has 2 aromatic rings. The van der Waals surface area contributed by atoms with Crippen LogP contribution in [0.25, 0.3) is 5.65 Å². The van der Waals surface area contributed by atoms with Gasteiger partial charge in [-0.05, 0) is 25.0 Å². The maximum absolute atomic E-state index is 9.28. The highest BCUT2D eigenvalue weighted by Gasteiger charge is 2.21. The molecule has 1 saturated heterocycles. The molecule has 0 saturated carbocycles. The Morgan fingerprint density at radius 3 is 3.20 bits per heavy atom. The second-order valence-electron chi connectivity index (χ2n) is 3.66. The topological polar surface area (TPSA) is 59.7 Å². The van der Waals surface area contributed by atoms with Gasteiger partial charge in [-0.3, -0.25) is 0 Å². The molecule has 5 nitrogen and oxygen atoms in total. The van der Waals surface area contributed by atoms with E-state index < -0.39 is 0 Å². The second-order valence-corrected chi connectivity index (χ2v) is 3.66. The van der Waals surface area contributed by atoms with Crippen LogP contribution in [0.5, 0.6) is 5.75 Å². The molecule has 0 aromatic carbocycles. The first-order valence-electron chi connectivity index (χ1n) is 5.00. The average molecular weight is 205 g/mol. The summed E-state index contributed by atoms with van der Waals surface area (Å²) in [5.41, 5.74) is 0.735. The van der Waals surface area contributed by atoms with Crippen LogP contribution in [0.4, 0.5) is 0 Å². The molecule has 0 bridgehead atoms. The van der Waals surface area contributed by atoms with Gasteiger partial charge in [-0.25, -0.2) is 9.50 Å². The summed E-state index contributed by atoms with van der Waals surface area (Å²) in [5.74, 6) is 0.893. The zero-order valence-electron chi connectivity index (χ0n) is 8.13. The minimum absolute atomic E-state index is 0.0204. The first kappa shape index (κ1) is 8.67. The molecular formula is C10H11N3O2. The van der Waals surface area contributed by atoms with Gasteiger partial charge in [0.2, 0.25) is 0 Å². The SMILES string of the molecule is Oc1ccc2nc(C3CCCO3)nn2c1. The lowest BCUT2D eigenvalue weighted by Crippen LogP contribution is -1.98. The zero-order valence-corrected chi connectivity index (χ0v) is 8.13. The number of rotatable bonds is 1. The number of aromatic hydroxyl groups is 1. The fraction of sp³-hybridized carbons (Fsp3) is 0.400. The molecule has 15 heavy (non-hydrogen) atoms. The summed E-state index contributed by atoms with van der Waals surface area (Å²) in [6.45, 7) is 0.783. The molecule has 1 aliphatic heterocycles. The Balaban J connectivity index is 2.05. The van der Waals surface area contributed by atoms with Gasteiger partial charge in [-0.15, -0.1) is 5.10 Å². The quantitative estimate of drug-likeness (QED) is 0.762. The van der Waals surface area contributed by atoms with Gasteiger partial charge in [-0.1, -0.05) is 0 Å². The molecule has 0 amide bonds. The molecule has 1 unspecified atom stereocenters. The first-order valence-corrected chi connectivity index (χ1v) is 5.00. The van der Waals surface area contributed by atoms with Gasteiger partial charge in [0.25, 0.3) is 0 Å². The van der Waals surface area contributed by atoms with Crippen LogP contribution in [-0.4, -0.2) is 26.3 Å². The van der Waals surface area contributed by atoms with Crippen LogP contribution in [0.15, 0.2) is 18.3 Å². The van der Waals surface area contributed by atoms with E-state index in [9.17, 15) is 5.11 Å². The Kier molecular flexibility index (Phi) is 1.85. The Bertz CT molecular complexity index is 488. The van der Waals surface area contributed by atoms with Crippen LogP contribution >= 0.6 is 0 Å². The van der Waals surface area contributed by atoms with E-state index in [2.05, 4.69) is 10.1 Å². The van der Waals surface area contributed by atoms with Crippen LogP contribution in [0.1, 0.15) is 24.8 Å². The molecule has 1 N–H and O–H groups in total. The third-order valence-corrected chi connectivity index (χ3v) is 2.55. The summed E-state index contributed by atoms with van der Waals surface area (Å²) in [7, 11) is 0. The maximum Gasteiger partial charge on any atom is 0.180 e. The van der Waals surface area contributed by atoms with Gasteiger partial charge in [0.1, 0.15) is 11.9 Å². The summed E-state index contributed by atoms with van der Waals surface area (Å²) in [6.07, 6.45) is 3.60. The molecule has 1 aliphatic rings. The largest absolute Gasteiger partial charge is 0.506 e. The van der Waals surface area contributed by atoms with Crippen molar-refractivity contribution in [1.82, 2.24) is 14.6 Å². The van der Waals surface area contributed by atoms with E-state index in [4.69, 9.17) is 4.74 Å². The van der Waals surface area contributed by atoms with Crippen molar-refractivity contribution in [3.63, 3.8) is 0 Å². The molecule has 0 aliphatic carbocycles. The summed E-state index contributed by atoms with van der Waals surface area (Å²) >= 11 is 0. The molecule has 3 rings (SSSR count). The van der Waals surface area contributed by atoms with Crippen molar-refractivity contribution in [2.75, 3.05) is 6.61 Å². The lowest BCUT2D eigenvalue weighted by molar-refractivity contribution is 0.105. The van der Waals surface area contributed by atoms with Crippen molar-refractivity contribution in [2.45, 2.75) is 18.9 Å². The van der Waals surface area contributed by atoms with E-state index in [0.717, 1.165) is 25.1 Å². The van der Waals surface area contributed by atoms with Crippen molar-refractivity contribution < 1.29 is 9.84 Å². The van der Waals surface area contributed by atoms with E-state index >= 15 is 0 Å². The summed E-state index contributed by atoms with van der Waals surface area (Å²) in [5, 5.41) is 13.6. The summed E-state index contributed by atoms with van der Waals surface area (Å²) in [6, 6.07) is 3.34. The maximum atomic E-state index is 9.28. The van der Waals surface area contributed by atoms with E-state index in [0.29, 0.717) is 5.82 Å². The van der Waals surface area contributed by atoms with Crippen LogP contribution in [0, 0.1) is 0 Å². The number of pyridine rings is 1. The van der Waals surface area contributed by atoms with E-state index in [-0.39, 0.29) is 11.9 Å². The predicted octanol–water partition coefficient (Wildman–Crippen LogP) is 1.29. The van der Waals surface area contributed by atoms with Crippen LogP contribution in [0.3, 0.4) is 0 Å². The number of hydrogen-bond acceptors (Lipinski definition) is 4. The number of fused-ring (bicyclic) bond motifs is 1. The van der Waals surface area contributed by atoms with Crippen molar-refractivity contribution in [3.05, 3.63) is 24.2 Å². The normalized spacial score (nSPS) is 21.2. The van der Waals surface area contributed by atoms with Crippen molar-refractivity contribution >= 4 is 5.65 Å². The van der Waals surface area contributed by atoms with Gasteiger partial charge in [0, 0.05) is 6.61 Å².